The largest absolute Gasteiger partial charge is 0.389 e. The van der Waals surface area contributed by atoms with Crippen LogP contribution in [-0.4, -0.2) is 11.2 Å². The first kappa shape index (κ1) is 10.5. The van der Waals surface area contributed by atoms with Crippen LogP contribution in [0.3, 0.4) is 0 Å². The zero-order valence-corrected chi connectivity index (χ0v) is 9.38. The molecule has 13 heavy (non-hydrogen) atoms. The lowest BCUT2D eigenvalue weighted by atomic mass is 10.1. The number of aliphatic hydroxyl groups is 1. The predicted molar refractivity (Wildman–Crippen MR) is 59.5 cm³/mol. The van der Waals surface area contributed by atoms with Crippen molar-refractivity contribution in [1.29, 1.82) is 0 Å². The second-order valence-electron chi connectivity index (χ2n) is 3.10. The molecule has 0 aliphatic carbocycles. The lowest BCUT2D eigenvalue weighted by Crippen LogP contribution is -1.94. The van der Waals surface area contributed by atoms with Gasteiger partial charge in [0.2, 0.25) is 0 Å². The van der Waals surface area contributed by atoms with Crippen LogP contribution in [0.25, 0.3) is 5.57 Å². The van der Waals surface area contributed by atoms with Crippen LogP contribution in [-0.2, 0) is 0 Å². The molecule has 0 fully saturated rings. The monoisotopic (exact) mass is 240 g/mol. The first-order chi connectivity index (χ1) is 6.09. The van der Waals surface area contributed by atoms with Crippen LogP contribution in [0.2, 0.25) is 0 Å². The van der Waals surface area contributed by atoms with Gasteiger partial charge in [0.1, 0.15) is 0 Å². The summed E-state index contributed by atoms with van der Waals surface area (Å²) in [7, 11) is 0. The van der Waals surface area contributed by atoms with E-state index in [0.29, 0.717) is 0 Å². The maximum atomic E-state index is 9.15. The second kappa shape index (κ2) is 4.58. The third-order valence-corrected chi connectivity index (χ3v) is 2.32. The average molecular weight is 241 g/mol. The molecule has 0 radical (unpaired) electrons. The molecule has 0 spiro atoms. The molecule has 2 heteroatoms. The Labute approximate surface area is 87.2 Å². The molecule has 0 aliphatic rings. The van der Waals surface area contributed by atoms with Crippen molar-refractivity contribution < 1.29 is 5.11 Å². The number of rotatable bonds is 2. The Morgan fingerprint density at radius 1 is 1.38 bits per heavy atom. The molecular weight excluding hydrogens is 228 g/mol. The minimum atomic E-state index is -0.386. The van der Waals surface area contributed by atoms with Crippen LogP contribution in [0.1, 0.15) is 19.4 Å². The number of allylic oxidation sites excluding steroid dienone is 1. The van der Waals surface area contributed by atoms with Gasteiger partial charge in [-0.3, -0.25) is 0 Å². The summed E-state index contributed by atoms with van der Waals surface area (Å²) in [6, 6.07) is 8.04. The molecule has 1 N–H and O–H groups in total. The Morgan fingerprint density at radius 2 is 1.92 bits per heavy atom. The van der Waals surface area contributed by atoms with Crippen molar-refractivity contribution in [2.75, 3.05) is 0 Å². The fourth-order valence-electron chi connectivity index (χ4n) is 1.17. The zero-order valence-electron chi connectivity index (χ0n) is 7.79. The maximum Gasteiger partial charge on any atom is 0.0698 e. The van der Waals surface area contributed by atoms with Crippen LogP contribution in [0.4, 0.5) is 0 Å². The van der Waals surface area contributed by atoms with E-state index in [9.17, 15) is 0 Å². The number of halogens is 1. The lowest BCUT2D eigenvalue weighted by Gasteiger charge is -2.03. The highest BCUT2D eigenvalue weighted by atomic mass is 79.9. The summed E-state index contributed by atoms with van der Waals surface area (Å²) >= 11 is 3.38. The van der Waals surface area contributed by atoms with E-state index in [-0.39, 0.29) is 6.10 Å². The molecular formula is C11H13BrO. The average Bonchev–Trinajstić information content (AvgIpc) is 2.04. The van der Waals surface area contributed by atoms with E-state index in [1.807, 2.05) is 37.3 Å². The van der Waals surface area contributed by atoms with Gasteiger partial charge >= 0.3 is 0 Å². The van der Waals surface area contributed by atoms with E-state index in [0.717, 1.165) is 15.6 Å². The van der Waals surface area contributed by atoms with Crippen molar-refractivity contribution in [3.05, 3.63) is 40.4 Å². The first-order valence-electron chi connectivity index (χ1n) is 4.22. The van der Waals surface area contributed by atoms with Crippen LogP contribution < -0.4 is 0 Å². The van der Waals surface area contributed by atoms with Crippen molar-refractivity contribution in [1.82, 2.24) is 0 Å². The van der Waals surface area contributed by atoms with Crippen LogP contribution in [0.5, 0.6) is 0 Å². The quantitative estimate of drug-likeness (QED) is 0.842. The van der Waals surface area contributed by atoms with Gasteiger partial charge in [-0.15, -0.1) is 0 Å². The smallest absolute Gasteiger partial charge is 0.0698 e. The second-order valence-corrected chi connectivity index (χ2v) is 4.01. The molecule has 0 heterocycles. The molecule has 1 atom stereocenters. The van der Waals surface area contributed by atoms with Gasteiger partial charge in [-0.2, -0.15) is 0 Å². The van der Waals surface area contributed by atoms with Crippen LogP contribution >= 0.6 is 15.9 Å². The first-order valence-corrected chi connectivity index (χ1v) is 5.01. The van der Waals surface area contributed by atoms with Gasteiger partial charge < -0.3 is 5.11 Å². The molecule has 1 rings (SSSR count). The highest BCUT2D eigenvalue weighted by Gasteiger charge is 1.96. The summed E-state index contributed by atoms with van der Waals surface area (Å²) in [5.41, 5.74) is 2.24. The summed E-state index contributed by atoms with van der Waals surface area (Å²) < 4.78 is 1.07. The van der Waals surface area contributed by atoms with Gasteiger partial charge in [-0.25, -0.2) is 0 Å². The van der Waals surface area contributed by atoms with Gasteiger partial charge in [0, 0.05) is 4.47 Å². The van der Waals surface area contributed by atoms with Gasteiger partial charge in [-0.1, -0.05) is 34.1 Å². The minimum Gasteiger partial charge on any atom is -0.389 e. The zero-order chi connectivity index (χ0) is 9.84. The molecule has 0 amide bonds. The molecule has 0 aromatic heterocycles. The molecule has 0 saturated carbocycles. The van der Waals surface area contributed by atoms with Crippen molar-refractivity contribution in [3.8, 4) is 0 Å². The van der Waals surface area contributed by atoms with E-state index in [2.05, 4.69) is 15.9 Å². The molecule has 0 aliphatic heterocycles. The number of benzene rings is 1. The topological polar surface area (TPSA) is 20.2 Å². The fourth-order valence-corrected chi connectivity index (χ4v) is 1.44. The maximum absolute atomic E-state index is 9.15. The molecule has 1 nitrogen and oxygen atoms in total. The van der Waals surface area contributed by atoms with Crippen molar-refractivity contribution in [3.63, 3.8) is 0 Å². The van der Waals surface area contributed by atoms with Crippen molar-refractivity contribution in [2.24, 2.45) is 0 Å². The molecule has 1 aromatic rings. The highest BCUT2D eigenvalue weighted by molar-refractivity contribution is 9.10. The van der Waals surface area contributed by atoms with E-state index in [4.69, 9.17) is 5.11 Å². The Balaban J connectivity index is 2.89. The van der Waals surface area contributed by atoms with E-state index < -0.39 is 0 Å². The Hall–Kier alpha value is -0.600. The van der Waals surface area contributed by atoms with Crippen molar-refractivity contribution >= 4 is 21.5 Å². The molecule has 0 bridgehead atoms. The van der Waals surface area contributed by atoms with Crippen molar-refractivity contribution in [2.45, 2.75) is 20.0 Å². The molecule has 0 unspecified atom stereocenters. The van der Waals surface area contributed by atoms with Gasteiger partial charge in [0.25, 0.3) is 0 Å². The number of aliphatic hydroxyl groups excluding tert-OH is 1. The van der Waals surface area contributed by atoms with Gasteiger partial charge in [0.15, 0.2) is 0 Å². The summed E-state index contributed by atoms with van der Waals surface area (Å²) in [6.07, 6.45) is 1.45. The highest BCUT2D eigenvalue weighted by Crippen LogP contribution is 2.17. The Kier molecular flexibility index (Phi) is 3.70. The summed E-state index contributed by atoms with van der Waals surface area (Å²) in [6.45, 7) is 3.75. The normalized spacial score (nSPS) is 14.3. The lowest BCUT2D eigenvalue weighted by molar-refractivity contribution is 0.244. The predicted octanol–water partition coefficient (Wildman–Crippen LogP) is 3.23. The van der Waals surface area contributed by atoms with Crippen LogP contribution in [0.15, 0.2) is 34.8 Å². The number of hydrogen-bond acceptors (Lipinski definition) is 1. The third-order valence-electron chi connectivity index (χ3n) is 1.79. The van der Waals surface area contributed by atoms with Gasteiger partial charge in [0.05, 0.1) is 6.10 Å². The van der Waals surface area contributed by atoms with E-state index >= 15 is 0 Å². The minimum absolute atomic E-state index is 0.386. The standard InChI is InChI=1S/C11H13BrO/c1-8(7-9(2)13)10-3-5-11(12)6-4-10/h3-7,9,13H,1-2H3/b8-7+/t9-/m1/s1. The molecule has 70 valence electrons. The third kappa shape index (κ3) is 3.33. The Bertz CT molecular complexity index is 298. The fraction of sp³-hybridized carbons (Fsp3) is 0.273. The SMILES string of the molecule is C/C(=C\[C@@H](C)O)c1ccc(Br)cc1. The van der Waals surface area contributed by atoms with Crippen LogP contribution in [0, 0.1) is 0 Å². The van der Waals surface area contributed by atoms with Gasteiger partial charge in [-0.05, 0) is 37.1 Å². The molecule has 0 saturated heterocycles. The summed E-state index contributed by atoms with van der Waals surface area (Å²) in [5, 5.41) is 9.15. The van der Waals surface area contributed by atoms with E-state index in [1.54, 1.807) is 6.92 Å². The summed E-state index contributed by atoms with van der Waals surface area (Å²) in [5.74, 6) is 0. The molecule has 1 aromatic carbocycles. The summed E-state index contributed by atoms with van der Waals surface area (Å²) in [4.78, 5) is 0. The Morgan fingerprint density at radius 3 is 2.38 bits per heavy atom. The van der Waals surface area contributed by atoms with E-state index in [1.165, 1.54) is 0 Å². The number of hydrogen-bond donors (Lipinski definition) is 1.